The number of carbonyl (C=O) groups excluding carboxylic acids is 1. The van der Waals surface area contributed by atoms with Gasteiger partial charge in [0.2, 0.25) is 11.7 Å². The third-order valence-electron chi connectivity index (χ3n) is 5.70. The van der Waals surface area contributed by atoms with Crippen LogP contribution >= 0.6 is 11.3 Å². The van der Waals surface area contributed by atoms with Crippen molar-refractivity contribution in [2.24, 2.45) is 0 Å². The second kappa shape index (κ2) is 10.6. The van der Waals surface area contributed by atoms with E-state index >= 15 is 0 Å². The molecule has 0 aliphatic carbocycles. The molecule has 2 heterocycles. The highest BCUT2D eigenvalue weighted by atomic mass is 32.1. The number of piperidine rings is 1. The summed E-state index contributed by atoms with van der Waals surface area (Å²) in [6.45, 7) is 1.25. The van der Waals surface area contributed by atoms with Crippen LogP contribution in [0.3, 0.4) is 0 Å². The summed E-state index contributed by atoms with van der Waals surface area (Å²) in [7, 11) is 6.33. The van der Waals surface area contributed by atoms with Crippen molar-refractivity contribution in [2.45, 2.75) is 18.9 Å². The summed E-state index contributed by atoms with van der Waals surface area (Å²) in [5, 5.41) is 0.648. The highest BCUT2D eigenvalue weighted by molar-refractivity contribution is 7.20. The molecular weight excluding hydrogens is 456 g/mol. The normalized spacial score (nSPS) is 14.4. The molecule has 4 rings (SSSR count). The van der Waals surface area contributed by atoms with Crippen LogP contribution in [-0.2, 0) is 4.79 Å². The van der Waals surface area contributed by atoms with Crippen molar-refractivity contribution >= 4 is 33.5 Å². The third-order valence-corrected chi connectivity index (χ3v) is 6.61. The number of hydrogen-bond acceptors (Lipinski definition) is 8. The maximum atomic E-state index is 12.7. The first-order valence-corrected chi connectivity index (χ1v) is 11.7. The van der Waals surface area contributed by atoms with Gasteiger partial charge >= 0.3 is 0 Å². The lowest BCUT2D eigenvalue weighted by atomic mass is 10.1. The minimum absolute atomic E-state index is 0.0330. The molecule has 1 amide bonds. The molecule has 9 heteroatoms. The minimum atomic E-state index is -0.0423. The number of methoxy groups -OCH3 is 4. The first kappa shape index (κ1) is 23.7. The molecule has 1 aromatic heterocycles. The maximum Gasteiger partial charge on any atom is 0.274 e. The van der Waals surface area contributed by atoms with Crippen LogP contribution in [0.15, 0.2) is 36.4 Å². The van der Waals surface area contributed by atoms with E-state index in [-0.39, 0.29) is 12.0 Å². The summed E-state index contributed by atoms with van der Waals surface area (Å²) in [5.74, 6) is 2.36. The lowest BCUT2D eigenvalue weighted by Crippen LogP contribution is -2.41. The number of ether oxygens (including phenoxy) is 5. The van der Waals surface area contributed by atoms with Gasteiger partial charge < -0.3 is 28.6 Å². The number of benzene rings is 2. The van der Waals surface area contributed by atoms with Crippen molar-refractivity contribution in [1.82, 2.24) is 9.88 Å². The van der Waals surface area contributed by atoms with Crippen LogP contribution in [0.25, 0.3) is 16.3 Å². The van der Waals surface area contributed by atoms with Gasteiger partial charge in [-0.05, 0) is 42.0 Å². The molecule has 0 unspecified atom stereocenters. The largest absolute Gasteiger partial charge is 0.497 e. The molecule has 1 fully saturated rings. The predicted molar refractivity (Wildman–Crippen MR) is 132 cm³/mol. The van der Waals surface area contributed by atoms with Crippen LogP contribution in [0.5, 0.6) is 28.2 Å². The van der Waals surface area contributed by atoms with E-state index in [1.165, 1.54) is 11.3 Å². The number of carbonyl (C=O) groups is 1. The number of hydrogen-bond donors (Lipinski definition) is 0. The fourth-order valence-corrected chi connectivity index (χ4v) is 4.78. The van der Waals surface area contributed by atoms with Crippen molar-refractivity contribution in [3.05, 3.63) is 42.0 Å². The Morgan fingerprint density at radius 1 is 1.00 bits per heavy atom. The first-order chi connectivity index (χ1) is 16.5. The third kappa shape index (κ3) is 5.20. The van der Waals surface area contributed by atoms with E-state index in [1.807, 2.05) is 23.1 Å². The predicted octanol–water partition coefficient (Wildman–Crippen LogP) is 4.41. The quantitative estimate of drug-likeness (QED) is 0.438. The van der Waals surface area contributed by atoms with E-state index in [4.69, 9.17) is 23.7 Å². The highest BCUT2D eigenvalue weighted by Crippen LogP contribution is 2.38. The Morgan fingerprint density at radius 2 is 1.71 bits per heavy atom. The molecule has 1 aliphatic heterocycles. The Morgan fingerprint density at radius 3 is 2.32 bits per heavy atom. The zero-order valence-electron chi connectivity index (χ0n) is 19.7. The number of fused-ring (bicyclic) bond motifs is 1. The van der Waals surface area contributed by atoms with Crippen molar-refractivity contribution in [1.29, 1.82) is 0 Å². The zero-order valence-corrected chi connectivity index (χ0v) is 20.5. The van der Waals surface area contributed by atoms with Crippen LogP contribution in [0, 0.1) is 0 Å². The van der Waals surface area contributed by atoms with E-state index < -0.39 is 0 Å². The Kier molecular flexibility index (Phi) is 7.42. The van der Waals surface area contributed by atoms with Gasteiger partial charge in [0.1, 0.15) is 11.9 Å². The van der Waals surface area contributed by atoms with Gasteiger partial charge in [-0.25, -0.2) is 4.98 Å². The molecule has 0 spiro atoms. The molecule has 0 saturated carbocycles. The number of aromatic nitrogens is 1. The molecule has 180 valence electrons. The molecule has 0 radical (unpaired) electrons. The second-order valence-corrected chi connectivity index (χ2v) is 8.74. The first-order valence-electron chi connectivity index (χ1n) is 10.9. The number of nitrogens with zero attached hydrogens (tertiary/aromatic N) is 2. The smallest absolute Gasteiger partial charge is 0.274 e. The van der Waals surface area contributed by atoms with E-state index in [9.17, 15) is 4.79 Å². The summed E-state index contributed by atoms with van der Waals surface area (Å²) in [6.07, 6.45) is 4.87. The molecule has 0 bridgehead atoms. The van der Waals surface area contributed by atoms with Gasteiger partial charge in [0.25, 0.3) is 5.19 Å². The summed E-state index contributed by atoms with van der Waals surface area (Å²) in [6, 6.07) is 9.39. The number of likely N-dealkylation sites (tertiary alicyclic amines) is 1. The fraction of sp³-hybridized carbons (Fsp3) is 0.360. The van der Waals surface area contributed by atoms with Crippen LogP contribution in [0.1, 0.15) is 18.4 Å². The van der Waals surface area contributed by atoms with Gasteiger partial charge in [0.05, 0.1) is 38.7 Å². The van der Waals surface area contributed by atoms with E-state index in [0.29, 0.717) is 35.5 Å². The van der Waals surface area contributed by atoms with Crippen molar-refractivity contribution in [3.63, 3.8) is 0 Å². The zero-order chi connectivity index (χ0) is 24.1. The molecule has 1 aliphatic rings. The molecular formula is C25H28N2O6S. The summed E-state index contributed by atoms with van der Waals surface area (Å²) in [5.41, 5.74) is 1.68. The Bertz CT molecular complexity index is 1160. The summed E-state index contributed by atoms with van der Waals surface area (Å²) < 4.78 is 28.5. The van der Waals surface area contributed by atoms with Gasteiger partial charge in [0, 0.05) is 32.0 Å². The standard InChI is InChI=1S/C25H28N2O6S/c1-29-18-6-7-19-22(15-18)34-25(26-19)33-17-9-11-27(12-10-17)23(28)8-5-16-13-20(30-2)24(32-4)21(14-16)31-3/h5-8,13-15,17H,9-12H2,1-4H3/b8-5+. The molecule has 8 nitrogen and oxygen atoms in total. The summed E-state index contributed by atoms with van der Waals surface area (Å²) >= 11 is 1.51. The van der Waals surface area contributed by atoms with E-state index in [2.05, 4.69) is 4.98 Å². The molecule has 0 atom stereocenters. The number of rotatable bonds is 8. The van der Waals surface area contributed by atoms with Gasteiger partial charge in [-0.3, -0.25) is 4.79 Å². The van der Waals surface area contributed by atoms with Gasteiger partial charge in [-0.15, -0.1) is 0 Å². The fourth-order valence-electron chi connectivity index (χ4n) is 3.87. The summed E-state index contributed by atoms with van der Waals surface area (Å²) in [4.78, 5) is 19.1. The van der Waals surface area contributed by atoms with Crippen LogP contribution in [0.4, 0.5) is 0 Å². The average molecular weight is 485 g/mol. The molecule has 2 aromatic carbocycles. The number of thiazole rings is 1. The van der Waals surface area contributed by atoms with E-state index in [1.54, 1.807) is 52.7 Å². The minimum Gasteiger partial charge on any atom is -0.497 e. The highest BCUT2D eigenvalue weighted by Gasteiger charge is 2.24. The van der Waals surface area contributed by atoms with Crippen molar-refractivity contribution in [3.8, 4) is 28.2 Å². The Balaban J connectivity index is 1.34. The lowest BCUT2D eigenvalue weighted by molar-refractivity contribution is -0.127. The Hall–Kier alpha value is -3.46. The van der Waals surface area contributed by atoms with Gasteiger partial charge in [0.15, 0.2) is 11.5 Å². The topological polar surface area (TPSA) is 79.4 Å². The van der Waals surface area contributed by atoms with Crippen molar-refractivity contribution in [2.75, 3.05) is 41.5 Å². The van der Waals surface area contributed by atoms with Gasteiger partial charge in [-0.2, -0.15) is 0 Å². The van der Waals surface area contributed by atoms with Crippen LogP contribution in [0.2, 0.25) is 0 Å². The molecule has 3 aromatic rings. The molecule has 1 saturated heterocycles. The maximum absolute atomic E-state index is 12.7. The number of amides is 1. The Labute approximate surface area is 202 Å². The monoisotopic (exact) mass is 484 g/mol. The average Bonchev–Trinajstić information content (AvgIpc) is 3.28. The van der Waals surface area contributed by atoms with Crippen LogP contribution < -0.4 is 23.7 Å². The molecule has 34 heavy (non-hydrogen) atoms. The second-order valence-electron chi connectivity index (χ2n) is 7.75. The lowest BCUT2D eigenvalue weighted by Gasteiger charge is -2.30. The SMILES string of the molecule is COc1ccc2nc(OC3CCN(C(=O)/C=C/c4cc(OC)c(OC)c(OC)c4)CC3)sc2c1. The van der Waals surface area contributed by atoms with E-state index in [0.717, 1.165) is 34.4 Å². The van der Waals surface area contributed by atoms with Gasteiger partial charge in [-0.1, -0.05) is 11.3 Å². The van der Waals surface area contributed by atoms with Crippen LogP contribution in [-0.4, -0.2) is 63.4 Å². The van der Waals surface area contributed by atoms with Crippen molar-refractivity contribution < 1.29 is 28.5 Å². The molecule has 0 N–H and O–H groups in total.